The van der Waals surface area contributed by atoms with Crippen molar-refractivity contribution in [2.75, 3.05) is 46.8 Å². The molecule has 2 aromatic rings. The van der Waals surface area contributed by atoms with Crippen molar-refractivity contribution in [2.24, 2.45) is 5.73 Å². The number of pyridine rings is 1. The topological polar surface area (TPSA) is 48.6 Å². The predicted molar refractivity (Wildman–Crippen MR) is 112 cm³/mol. The fourth-order valence-electron chi connectivity index (χ4n) is 3.31. The second kappa shape index (κ2) is 9.13. The lowest BCUT2D eigenvalue weighted by molar-refractivity contribution is 0.147. The molecule has 0 unspecified atom stereocenters. The molecule has 0 bridgehead atoms. The summed E-state index contributed by atoms with van der Waals surface area (Å²) in [5.41, 5.74) is 11.3. The van der Waals surface area contributed by atoms with E-state index in [1.165, 1.54) is 11.1 Å². The van der Waals surface area contributed by atoms with Gasteiger partial charge in [-0.25, -0.2) is 0 Å². The monoisotopic (exact) mass is 365 g/mol. The van der Waals surface area contributed by atoms with Crippen LogP contribution in [0.2, 0.25) is 0 Å². The van der Waals surface area contributed by atoms with Crippen LogP contribution in [0.5, 0.6) is 0 Å². The van der Waals surface area contributed by atoms with Crippen molar-refractivity contribution in [3.8, 4) is 11.1 Å². The molecular weight excluding hydrogens is 334 g/mol. The summed E-state index contributed by atoms with van der Waals surface area (Å²) >= 11 is 0. The molecule has 0 saturated carbocycles. The maximum Gasteiger partial charge on any atom is 0.0544 e. The summed E-state index contributed by atoms with van der Waals surface area (Å²) in [5.74, 6) is 0. The van der Waals surface area contributed by atoms with E-state index in [0.29, 0.717) is 6.54 Å². The minimum Gasteiger partial charge on any atom is -0.373 e. The Balaban J connectivity index is 1.64. The first-order valence-corrected chi connectivity index (χ1v) is 9.59. The van der Waals surface area contributed by atoms with E-state index in [4.69, 9.17) is 10.7 Å². The van der Waals surface area contributed by atoms with Crippen molar-refractivity contribution in [3.63, 3.8) is 0 Å². The number of piperazine rings is 1. The van der Waals surface area contributed by atoms with E-state index >= 15 is 0 Å². The van der Waals surface area contributed by atoms with Gasteiger partial charge in [-0.2, -0.15) is 0 Å². The molecule has 1 aliphatic heterocycles. The third-order valence-electron chi connectivity index (χ3n) is 5.26. The largest absolute Gasteiger partial charge is 0.373 e. The van der Waals surface area contributed by atoms with Crippen LogP contribution in [0.3, 0.4) is 0 Å². The van der Waals surface area contributed by atoms with Crippen LogP contribution in [0.15, 0.2) is 54.9 Å². The molecule has 3 rings (SSSR count). The van der Waals surface area contributed by atoms with Gasteiger partial charge in [0.15, 0.2) is 0 Å². The molecule has 2 N–H and O–H groups in total. The predicted octanol–water partition coefficient (Wildman–Crippen LogP) is 2.40. The first kappa shape index (κ1) is 19.5. The van der Waals surface area contributed by atoms with Crippen LogP contribution in [0.25, 0.3) is 11.1 Å². The van der Waals surface area contributed by atoms with Gasteiger partial charge in [0.25, 0.3) is 0 Å². The molecule has 0 aliphatic carbocycles. The normalized spacial score (nSPS) is 15.7. The standard InChI is InChI=1S/C22H31N5/c1-18(14-23)26(3)16-19-5-4-6-20(13-19)21-7-8-22(24-15-21)17-27-11-9-25(2)10-12-27/h4-8,13,15H,1,9-12,14,16-17,23H2,2-3H3. The molecule has 5 nitrogen and oxygen atoms in total. The lowest BCUT2D eigenvalue weighted by Gasteiger charge is -2.32. The van der Waals surface area contributed by atoms with Crippen LogP contribution >= 0.6 is 0 Å². The van der Waals surface area contributed by atoms with Crippen LogP contribution in [0.1, 0.15) is 11.3 Å². The van der Waals surface area contributed by atoms with Crippen molar-refractivity contribution in [1.29, 1.82) is 0 Å². The van der Waals surface area contributed by atoms with Gasteiger partial charge >= 0.3 is 0 Å². The SMILES string of the molecule is C=C(CN)N(C)Cc1cccc(-c2ccc(CN3CCN(C)CC3)nc2)c1. The van der Waals surface area contributed by atoms with Crippen molar-refractivity contribution >= 4 is 0 Å². The second-order valence-electron chi connectivity index (χ2n) is 7.44. The summed E-state index contributed by atoms with van der Waals surface area (Å²) in [6, 6.07) is 12.9. The van der Waals surface area contributed by atoms with Gasteiger partial charge < -0.3 is 15.5 Å². The Bertz CT molecular complexity index is 748. The molecule has 2 heterocycles. The number of hydrogen-bond acceptors (Lipinski definition) is 5. The average molecular weight is 366 g/mol. The smallest absolute Gasteiger partial charge is 0.0544 e. The summed E-state index contributed by atoms with van der Waals surface area (Å²) in [6.45, 7) is 10.7. The highest BCUT2D eigenvalue weighted by Gasteiger charge is 2.14. The van der Waals surface area contributed by atoms with E-state index in [0.717, 1.165) is 56.2 Å². The van der Waals surface area contributed by atoms with Crippen LogP contribution in [-0.4, -0.2) is 66.5 Å². The first-order valence-electron chi connectivity index (χ1n) is 9.59. The van der Waals surface area contributed by atoms with Gasteiger partial charge in [0.2, 0.25) is 0 Å². The number of likely N-dealkylation sites (N-methyl/N-ethyl adjacent to an activating group) is 2. The van der Waals surface area contributed by atoms with E-state index < -0.39 is 0 Å². The molecule has 1 fully saturated rings. The summed E-state index contributed by atoms with van der Waals surface area (Å²) in [5, 5.41) is 0. The second-order valence-corrected chi connectivity index (χ2v) is 7.44. The quantitative estimate of drug-likeness (QED) is 0.816. The Labute approximate surface area is 163 Å². The Morgan fingerprint density at radius 1 is 1.15 bits per heavy atom. The number of nitrogens with zero attached hydrogens (tertiary/aromatic N) is 4. The molecule has 0 spiro atoms. The first-order chi connectivity index (χ1) is 13.0. The Kier molecular flexibility index (Phi) is 6.61. The zero-order valence-electron chi connectivity index (χ0n) is 16.6. The van der Waals surface area contributed by atoms with E-state index in [2.05, 4.69) is 64.7 Å². The maximum absolute atomic E-state index is 5.68. The number of aromatic nitrogens is 1. The number of rotatable bonds is 7. The molecule has 1 aromatic heterocycles. The van der Waals surface area contributed by atoms with E-state index in [1.54, 1.807) is 0 Å². The van der Waals surface area contributed by atoms with E-state index in [9.17, 15) is 0 Å². The Hall–Kier alpha value is -2.21. The molecule has 1 saturated heterocycles. The third-order valence-corrected chi connectivity index (χ3v) is 5.26. The van der Waals surface area contributed by atoms with Crippen molar-refractivity contribution < 1.29 is 0 Å². The summed E-state index contributed by atoms with van der Waals surface area (Å²) in [6.07, 6.45) is 1.99. The fraction of sp³-hybridized carbons (Fsp3) is 0.409. The average Bonchev–Trinajstić information content (AvgIpc) is 2.70. The van der Waals surface area contributed by atoms with E-state index in [-0.39, 0.29) is 0 Å². The lowest BCUT2D eigenvalue weighted by Crippen LogP contribution is -2.43. The van der Waals surface area contributed by atoms with Gasteiger partial charge in [-0.15, -0.1) is 0 Å². The Morgan fingerprint density at radius 2 is 1.93 bits per heavy atom. The molecule has 0 amide bonds. The van der Waals surface area contributed by atoms with Gasteiger partial charge in [0.1, 0.15) is 0 Å². The highest BCUT2D eigenvalue weighted by Crippen LogP contribution is 2.21. The highest BCUT2D eigenvalue weighted by molar-refractivity contribution is 5.63. The van der Waals surface area contributed by atoms with Gasteiger partial charge in [-0.05, 0) is 30.3 Å². The number of benzene rings is 1. The maximum atomic E-state index is 5.68. The molecule has 1 aliphatic rings. The Morgan fingerprint density at radius 3 is 2.59 bits per heavy atom. The number of nitrogens with two attached hydrogens (primary N) is 1. The molecule has 5 heteroatoms. The van der Waals surface area contributed by atoms with Crippen LogP contribution in [0.4, 0.5) is 0 Å². The molecule has 144 valence electrons. The summed E-state index contributed by atoms with van der Waals surface area (Å²) in [7, 11) is 4.21. The zero-order valence-corrected chi connectivity index (χ0v) is 16.6. The van der Waals surface area contributed by atoms with E-state index in [1.807, 2.05) is 13.2 Å². The molecule has 27 heavy (non-hydrogen) atoms. The molecule has 0 atom stereocenters. The molecular formula is C22H31N5. The summed E-state index contributed by atoms with van der Waals surface area (Å²) < 4.78 is 0. The molecule has 1 aromatic carbocycles. The lowest BCUT2D eigenvalue weighted by atomic mass is 10.0. The van der Waals surface area contributed by atoms with Gasteiger partial charge in [-0.1, -0.05) is 30.8 Å². The van der Waals surface area contributed by atoms with Crippen LogP contribution < -0.4 is 5.73 Å². The fourth-order valence-corrected chi connectivity index (χ4v) is 3.31. The number of hydrogen-bond donors (Lipinski definition) is 1. The van der Waals surface area contributed by atoms with Crippen molar-refractivity contribution in [1.82, 2.24) is 19.7 Å². The third kappa shape index (κ3) is 5.39. The minimum atomic E-state index is 0.481. The van der Waals surface area contributed by atoms with Gasteiger partial charge in [0.05, 0.1) is 5.69 Å². The highest BCUT2D eigenvalue weighted by atomic mass is 15.2. The van der Waals surface area contributed by atoms with Gasteiger partial charge in [-0.3, -0.25) is 9.88 Å². The summed E-state index contributed by atoms with van der Waals surface area (Å²) in [4.78, 5) is 11.6. The molecule has 0 radical (unpaired) electrons. The van der Waals surface area contributed by atoms with Crippen molar-refractivity contribution in [3.05, 3.63) is 66.1 Å². The van der Waals surface area contributed by atoms with Crippen LogP contribution in [0, 0.1) is 0 Å². The van der Waals surface area contributed by atoms with Gasteiger partial charge in [0, 0.05) is 70.3 Å². The van der Waals surface area contributed by atoms with Crippen LogP contribution in [-0.2, 0) is 13.1 Å². The minimum absolute atomic E-state index is 0.481. The zero-order chi connectivity index (χ0) is 19.2. The van der Waals surface area contributed by atoms with Crippen molar-refractivity contribution in [2.45, 2.75) is 13.1 Å².